The van der Waals surface area contributed by atoms with Gasteiger partial charge >= 0.3 is 0 Å². The van der Waals surface area contributed by atoms with Crippen LogP contribution in [0.25, 0.3) is 0 Å². The summed E-state index contributed by atoms with van der Waals surface area (Å²) in [6, 6.07) is 1.85. The van der Waals surface area contributed by atoms with Gasteiger partial charge in [-0.3, -0.25) is 0 Å². The lowest BCUT2D eigenvalue weighted by Crippen LogP contribution is -2.23. The molecule has 0 amide bonds. The Hall–Kier alpha value is -1.36. The third-order valence-electron chi connectivity index (χ3n) is 2.20. The lowest BCUT2D eigenvalue weighted by atomic mass is 10.4. The SMILES string of the molecule is CCCNCCNc1nc(C)cc(OC(C)C)n1. The van der Waals surface area contributed by atoms with Gasteiger partial charge in [0.15, 0.2) is 0 Å². The summed E-state index contributed by atoms with van der Waals surface area (Å²) >= 11 is 0. The summed E-state index contributed by atoms with van der Waals surface area (Å²) in [4.78, 5) is 8.65. The molecular formula is C13H24N4O. The Bertz CT molecular complexity index is 355. The van der Waals surface area contributed by atoms with Crippen molar-refractivity contribution in [1.29, 1.82) is 0 Å². The van der Waals surface area contributed by atoms with Crippen molar-refractivity contribution in [2.45, 2.75) is 40.2 Å². The van der Waals surface area contributed by atoms with Crippen molar-refractivity contribution in [2.24, 2.45) is 0 Å². The molecule has 0 bridgehead atoms. The molecule has 2 N–H and O–H groups in total. The Morgan fingerprint density at radius 3 is 2.67 bits per heavy atom. The maximum absolute atomic E-state index is 5.57. The summed E-state index contributed by atoms with van der Waals surface area (Å²) in [7, 11) is 0. The molecule has 5 nitrogen and oxygen atoms in total. The fourth-order valence-electron chi connectivity index (χ4n) is 1.49. The number of anilines is 1. The second-order valence-electron chi connectivity index (χ2n) is 4.51. The van der Waals surface area contributed by atoms with E-state index < -0.39 is 0 Å². The van der Waals surface area contributed by atoms with Gasteiger partial charge in [-0.15, -0.1) is 0 Å². The van der Waals surface area contributed by atoms with Gasteiger partial charge in [-0.05, 0) is 33.7 Å². The Morgan fingerprint density at radius 2 is 2.00 bits per heavy atom. The summed E-state index contributed by atoms with van der Waals surface area (Å²) in [6.45, 7) is 10.8. The van der Waals surface area contributed by atoms with Crippen LogP contribution in [0.1, 0.15) is 32.9 Å². The fourth-order valence-corrected chi connectivity index (χ4v) is 1.49. The predicted octanol–water partition coefficient (Wildman–Crippen LogP) is 1.98. The first kappa shape index (κ1) is 14.7. The van der Waals surface area contributed by atoms with E-state index in [0.29, 0.717) is 11.8 Å². The molecule has 0 saturated heterocycles. The van der Waals surface area contributed by atoms with Crippen LogP contribution in [0.5, 0.6) is 5.88 Å². The van der Waals surface area contributed by atoms with Gasteiger partial charge in [-0.1, -0.05) is 6.92 Å². The molecule has 0 aromatic carbocycles. The topological polar surface area (TPSA) is 59.1 Å². The molecule has 1 rings (SSSR count). The molecule has 0 aliphatic heterocycles. The highest BCUT2D eigenvalue weighted by Gasteiger charge is 2.04. The smallest absolute Gasteiger partial charge is 0.226 e. The van der Waals surface area contributed by atoms with E-state index in [0.717, 1.165) is 31.7 Å². The standard InChI is InChI=1S/C13H24N4O/c1-5-6-14-7-8-15-13-16-11(4)9-12(17-13)18-10(2)3/h9-10,14H,5-8H2,1-4H3,(H,15,16,17). The Labute approximate surface area is 109 Å². The van der Waals surface area contributed by atoms with E-state index in [2.05, 4.69) is 27.5 Å². The van der Waals surface area contributed by atoms with Crippen molar-refractivity contribution in [2.75, 3.05) is 25.0 Å². The zero-order valence-electron chi connectivity index (χ0n) is 11.8. The molecule has 0 fully saturated rings. The minimum absolute atomic E-state index is 0.123. The largest absolute Gasteiger partial charge is 0.475 e. The van der Waals surface area contributed by atoms with Gasteiger partial charge in [0.05, 0.1) is 6.10 Å². The van der Waals surface area contributed by atoms with Crippen LogP contribution >= 0.6 is 0 Å². The molecule has 18 heavy (non-hydrogen) atoms. The number of hydrogen-bond donors (Lipinski definition) is 2. The molecule has 0 spiro atoms. The average molecular weight is 252 g/mol. The highest BCUT2D eigenvalue weighted by atomic mass is 16.5. The number of aryl methyl sites for hydroxylation is 1. The van der Waals surface area contributed by atoms with Crippen LogP contribution in [0.4, 0.5) is 5.95 Å². The van der Waals surface area contributed by atoms with Crippen LogP contribution in [-0.2, 0) is 0 Å². The second kappa shape index (κ2) is 7.87. The van der Waals surface area contributed by atoms with E-state index in [1.807, 2.05) is 26.8 Å². The zero-order chi connectivity index (χ0) is 13.4. The quantitative estimate of drug-likeness (QED) is 0.693. The van der Waals surface area contributed by atoms with E-state index in [1.54, 1.807) is 0 Å². The van der Waals surface area contributed by atoms with Crippen molar-refractivity contribution >= 4 is 5.95 Å². The number of hydrogen-bond acceptors (Lipinski definition) is 5. The monoisotopic (exact) mass is 252 g/mol. The minimum atomic E-state index is 0.123. The molecule has 0 aliphatic carbocycles. The van der Waals surface area contributed by atoms with Crippen LogP contribution in [0.3, 0.4) is 0 Å². The molecule has 0 unspecified atom stereocenters. The second-order valence-corrected chi connectivity index (χ2v) is 4.51. The van der Waals surface area contributed by atoms with Crippen molar-refractivity contribution < 1.29 is 4.74 Å². The van der Waals surface area contributed by atoms with Gasteiger partial charge in [0, 0.05) is 24.8 Å². The molecule has 5 heteroatoms. The average Bonchev–Trinajstić information content (AvgIpc) is 2.27. The predicted molar refractivity (Wildman–Crippen MR) is 74.2 cm³/mol. The molecule has 102 valence electrons. The Kier molecular flexibility index (Phi) is 6.43. The Morgan fingerprint density at radius 1 is 1.22 bits per heavy atom. The number of aromatic nitrogens is 2. The maximum atomic E-state index is 5.57. The van der Waals surface area contributed by atoms with Crippen LogP contribution in [0.2, 0.25) is 0 Å². The minimum Gasteiger partial charge on any atom is -0.475 e. The molecule has 1 heterocycles. The third-order valence-corrected chi connectivity index (χ3v) is 2.20. The summed E-state index contributed by atoms with van der Waals surface area (Å²) in [5.41, 5.74) is 0.907. The molecule has 1 aromatic heterocycles. The van der Waals surface area contributed by atoms with Gasteiger partial charge in [0.25, 0.3) is 0 Å². The van der Waals surface area contributed by atoms with Gasteiger partial charge < -0.3 is 15.4 Å². The first-order valence-electron chi connectivity index (χ1n) is 6.58. The van der Waals surface area contributed by atoms with Gasteiger partial charge in [0.1, 0.15) is 0 Å². The van der Waals surface area contributed by atoms with Crippen LogP contribution in [0, 0.1) is 6.92 Å². The van der Waals surface area contributed by atoms with Crippen LogP contribution in [0.15, 0.2) is 6.07 Å². The van der Waals surface area contributed by atoms with Crippen molar-refractivity contribution in [3.05, 3.63) is 11.8 Å². The highest BCUT2D eigenvalue weighted by Crippen LogP contribution is 2.13. The van der Waals surface area contributed by atoms with E-state index in [4.69, 9.17) is 4.74 Å². The molecule has 0 saturated carbocycles. The highest BCUT2D eigenvalue weighted by molar-refractivity contribution is 5.30. The third kappa shape index (κ3) is 5.82. The molecule has 0 aliphatic rings. The fraction of sp³-hybridized carbons (Fsp3) is 0.692. The maximum Gasteiger partial charge on any atom is 0.226 e. The summed E-state index contributed by atoms with van der Waals surface area (Å²) in [6.07, 6.45) is 1.27. The van der Waals surface area contributed by atoms with Crippen molar-refractivity contribution in [3.63, 3.8) is 0 Å². The van der Waals surface area contributed by atoms with E-state index in [-0.39, 0.29) is 6.10 Å². The van der Waals surface area contributed by atoms with Gasteiger partial charge in [-0.2, -0.15) is 4.98 Å². The molecule has 0 radical (unpaired) electrons. The molecular weight excluding hydrogens is 228 g/mol. The lowest BCUT2D eigenvalue weighted by Gasteiger charge is -2.11. The van der Waals surface area contributed by atoms with E-state index in [9.17, 15) is 0 Å². The zero-order valence-corrected chi connectivity index (χ0v) is 11.8. The first-order valence-corrected chi connectivity index (χ1v) is 6.58. The first-order chi connectivity index (χ1) is 8.61. The normalized spacial score (nSPS) is 10.7. The van der Waals surface area contributed by atoms with Crippen LogP contribution < -0.4 is 15.4 Å². The molecule has 1 aromatic rings. The van der Waals surface area contributed by atoms with E-state index >= 15 is 0 Å². The molecule has 0 atom stereocenters. The number of rotatable bonds is 8. The number of ether oxygens (including phenoxy) is 1. The van der Waals surface area contributed by atoms with Crippen LogP contribution in [-0.4, -0.2) is 35.7 Å². The van der Waals surface area contributed by atoms with E-state index in [1.165, 1.54) is 0 Å². The summed E-state index contributed by atoms with van der Waals surface area (Å²) in [5.74, 6) is 1.26. The lowest BCUT2D eigenvalue weighted by molar-refractivity contribution is 0.232. The Balaban J connectivity index is 2.46. The number of nitrogens with one attached hydrogen (secondary N) is 2. The van der Waals surface area contributed by atoms with Gasteiger partial charge in [0.2, 0.25) is 11.8 Å². The summed E-state index contributed by atoms with van der Waals surface area (Å²) in [5, 5.41) is 6.51. The van der Waals surface area contributed by atoms with Gasteiger partial charge in [-0.25, -0.2) is 4.98 Å². The van der Waals surface area contributed by atoms with Crippen molar-refractivity contribution in [1.82, 2.24) is 15.3 Å². The van der Waals surface area contributed by atoms with Crippen molar-refractivity contribution in [3.8, 4) is 5.88 Å². The number of nitrogens with zero attached hydrogens (tertiary/aromatic N) is 2. The summed E-state index contributed by atoms with van der Waals surface area (Å²) < 4.78 is 5.57.